The van der Waals surface area contributed by atoms with Crippen molar-refractivity contribution >= 4 is 39.2 Å². The first-order valence-electron chi connectivity index (χ1n) is 9.62. The van der Waals surface area contributed by atoms with Crippen molar-refractivity contribution in [3.63, 3.8) is 0 Å². The summed E-state index contributed by atoms with van der Waals surface area (Å²) in [6.07, 6.45) is 5.33. The third-order valence-corrected chi connectivity index (χ3v) is 7.89. The summed E-state index contributed by atoms with van der Waals surface area (Å²) in [5.74, 6) is 2.53. The molecule has 3 heterocycles. The summed E-state index contributed by atoms with van der Waals surface area (Å²) in [5.41, 5.74) is 0. The van der Waals surface area contributed by atoms with Crippen LogP contribution in [0.2, 0.25) is 0 Å². The second-order valence-corrected chi connectivity index (χ2v) is 9.89. The molecule has 1 unspecified atom stereocenters. The number of hydrogen-bond donors (Lipinski definition) is 1. The van der Waals surface area contributed by atoms with Gasteiger partial charge in [0.15, 0.2) is 5.82 Å². The van der Waals surface area contributed by atoms with Crippen LogP contribution < -0.4 is 5.32 Å². The van der Waals surface area contributed by atoms with Gasteiger partial charge >= 0.3 is 0 Å². The molecule has 7 nitrogen and oxygen atoms in total. The standard InChI is InChI=1S/C18H28N4O3S2/c1-14-12-16(20-25-14)19-17(23)13-21-7-9-22(10-8-21)18(24)5-3-2-4-15-6-11-26-27-15/h12,15H,2-11,13H2,1H3,(H,19,20,23). The Bertz CT molecular complexity index is 626. The normalized spacial score (nSPS) is 20.8. The number of aryl methyl sites for hydroxylation is 1. The number of nitrogens with one attached hydrogen (secondary N) is 1. The molecule has 1 aromatic rings. The van der Waals surface area contributed by atoms with E-state index in [4.69, 9.17) is 4.52 Å². The molecule has 9 heteroatoms. The van der Waals surface area contributed by atoms with Crippen LogP contribution in [0.1, 0.15) is 37.9 Å². The van der Waals surface area contributed by atoms with E-state index in [2.05, 4.69) is 15.4 Å². The highest BCUT2D eigenvalue weighted by Crippen LogP contribution is 2.39. The van der Waals surface area contributed by atoms with Gasteiger partial charge in [0.1, 0.15) is 5.76 Å². The number of piperazine rings is 1. The van der Waals surface area contributed by atoms with Crippen LogP contribution in [-0.4, -0.2) is 70.5 Å². The lowest BCUT2D eigenvalue weighted by molar-refractivity contribution is -0.133. The van der Waals surface area contributed by atoms with Crippen LogP contribution in [0.5, 0.6) is 0 Å². The molecule has 3 rings (SSSR count). The maximum absolute atomic E-state index is 12.4. The molecule has 0 aliphatic carbocycles. The summed E-state index contributed by atoms with van der Waals surface area (Å²) in [6, 6.07) is 1.69. The van der Waals surface area contributed by atoms with Crippen molar-refractivity contribution in [3.8, 4) is 0 Å². The van der Waals surface area contributed by atoms with Crippen LogP contribution in [0, 0.1) is 6.92 Å². The Morgan fingerprint density at radius 1 is 1.30 bits per heavy atom. The minimum absolute atomic E-state index is 0.106. The van der Waals surface area contributed by atoms with Crippen molar-refractivity contribution in [3.05, 3.63) is 11.8 Å². The third-order valence-electron chi connectivity index (χ3n) is 4.88. The van der Waals surface area contributed by atoms with Crippen LogP contribution in [0.15, 0.2) is 10.6 Å². The van der Waals surface area contributed by atoms with Crippen molar-refractivity contribution in [2.24, 2.45) is 0 Å². The summed E-state index contributed by atoms with van der Waals surface area (Å²) in [6.45, 7) is 4.95. The lowest BCUT2D eigenvalue weighted by Crippen LogP contribution is -2.50. The van der Waals surface area contributed by atoms with Crippen LogP contribution in [0.4, 0.5) is 5.82 Å². The van der Waals surface area contributed by atoms with Crippen molar-refractivity contribution < 1.29 is 14.1 Å². The topological polar surface area (TPSA) is 78.7 Å². The van der Waals surface area contributed by atoms with Gasteiger partial charge in [0.25, 0.3) is 0 Å². The molecule has 2 amide bonds. The highest BCUT2D eigenvalue weighted by Gasteiger charge is 2.22. The second-order valence-electron chi connectivity index (χ2n) is 7.10. The molecule has 0 bridgehead atoms. The molecule has 2 aliphatic rings. The molecule has 1 N–H and O–H groups in total. The molecule has 1 atom stereocenters. The number of amides is 2. The summed E-state index contributed by atoms with van der Waals surface area (Å²) in [5, 5.41) is 7.29. The van der Waals surface area contributed by atoms with E-state index < -0.39 is 0 Å². The molecule has 150 valence electrons. The minimum atomic E-state index is -0.106. The van der Waals surface area contributed by atoms with E-state index >= 15 is 0 Å². The predicted molar refractivity (Wildman–Crippen MR) is 110 cm³/mol. The fraction of sp³-hybridized carbons (Fsp3) is 0.722. The zero-order valence-corrected chi connectivity index (χ0v) is 17.4. The van der Waals surface area contributed by atoms with E-state index in [1.54, 1.807) is 13.0 Å². The summed E-state index contributed by atoms with van der Waals surface area (Å²) in [4.78, 5) is 28.4. The molecular weight excluding hydrogens is 384 g/mol. The lowest BCUT2D eigenvalue weighted by Gasteiger charge is -2.34. The number of carbonyl (C=O) groups is 2. The Kier molecular flexibility index (Phi) is 7.90. The van der Waals surface area contributed by atoms with Crippen LogP contribution >= 0.6 is 21.6 Å². The van der Waals surface area contributed by atoms with Gasteiger partial charge in [-0.1, -0.05) is 33.2 Å². The van der Waals surface area contributed by atoms with E-state index in [0.29, 0.717) is 37.6 Å². The third kappa shape index (κ3) is 6.73. The fourth-order valence-electron chi connectivity index (χ4n) is 3.34. The van der Waals surface area contributed by atoms with Gasteiger partial charge in [0, 0.05) is 49.7 Å². The van der Waals surface area contributed by atoms with E-state index in [0.717, 1.165) is 31.2 Å². The van der Waals surface area contributed by atoms with Gasteiger partial charge in [-0.15, -0.1) is 0 Å². The highest BCUT2D eigenvalue weighted by molar-refractivity contribution is 8.77. The zero-order valence-electron chi connectivity index (χ0n) is 15.8. The average Bonchev–Trinajstić information content (AvgIpc) is 3.31. The van der Waals surface area contributed by atoms with E-state index in [1.807, 2.05) is 26.5 Å². The highest BCUT2D eigenvalue weighted by atomic mass is 33.1. The first-order valence-corrected chi connectivity index (χ1v) is 12.0. The Morgan fingerprint density at radius 2 is 2.11 bits per heavy atom. The van der Waals surface area contributed by atoms with Gasteiger partial charge in [-0.05, 0) is 26.2 Å². The Hall–Kier alpha value is -1.19. The number of anilines is 1. The number of carbonyl (C=O) groups excluding carboxylic acids is 2. The van der Waals surface area contributed by atoms with Gasteiger partial charge in [-0.25, -0.2) is 0 Å². The lowest BCUT2D eigenvalue weighted by atomic mass is 10.1. The molecule has 2 saturated heterocycles. The second kappa shape index (κ2) is 10.4. The monoisotopic (exact) mass is 412 g/mol. The van der Waals surface area contributed by atoms with E-state index in [1.165, 1.54) is 18.6 Å². The number of hydrogen-bond acceptors (Lipinski definition) is 7. The maximum atomic E-state index is 12.4. The van der Waals surface area contributed by atoms with Gasteiger partial charge in [-0.2, -0.15) is 0 Å². The quantitative estimate of drug-likeness (QED) is 0.519. The predicted octanol–water partition coefficient (Wildman–Crippen LogP) is 2.78. The van der Waals surface area contributed by atoms with Crippen molar-refractivity contribution in [1.29, 1.82) is 0 Å². The average molecular weight is 413 g/mol. The first-order chi connectivity index (χ1) is 13.1. The Labute approximate surface area is 168 Å². The molecule has 0 aromatic carbocycles. The molecule has 0 spiro atoms. The van der Waals surface area contributed by atoms with Crippen LogP contribution in [0.3, 0.4) is 0 Å². The molecule has 1 aromatic heterocycles. The SMILES string of the molecule is Cc1cc(NC(=O)CN2CCN(C(=O)CCCCC3CCSS3)CC2)no1. The molecule has 2 aliphatic heterocycles. The van der Waals surface area contributed by atoms with Crippen molar-refractivity contribution in [2.75, 3.05) is 43.8 Å². The summed E-state index contributed by atoms with van der Waals surface area (Å²) in [7, 11) is 3.98. The summed E-state index contributed by atoms with van der Waals surface area (Å²) < 4.78 is 4.94. The number of rotatable bonds is 8. The minimum Gasteiger partial charge on any atom is -0.360 e. The van der Waals surface area contributed by atoms with Gasteiger partial charge < -0.3 is 14.7 Å². The molecular formula is C18H28N4O3S2. The smallest absolute Gasteiger partial charge is 0.239 e. The van der Waals surface area contributed by atoms with Crippen molar-refractivity contribution in [1.82, 2.24) is 15.0 Å². The molecule has 0 saturated carbocycles. The van der Waals surface area contributed by atoms with Crippen molar-refractivity contribution in [2.45, 2.75) is 44.3 Å². The number of unbranched alkanes of at least 4 members (excludes halogenated alkanes) is 1. The Morgan fingerprint density at radius 3 is 2.78 bits per heavy atom. The number of aromatic nitrogens is 1. The van der Waals surface area contributed by atoms with Gasteiger partial charge in [-0.3, -0.25) is 14.5 Å². The fourth-order valence-corrected chi connectivity index (χ4v) is 6.36. The van der Waals surface area contributed by atoms with Crippen LogP contribution in [0.25, 0.3) is 0 Å². The zero-order chi connectivity index (χ0) is 19.1. The molecule has 0 radical (unpaired) electrons. The van der Waals surface area contributed by atoms with E-state index in [9.17, 15) is 9.59 Å². The van der Waals surface area contributed by atoms with Gasteiger partial charge in [0.2, 0.25) is 11.8 Å². The largest absolute Gasteiger partial charge is 0.360 e. The molecule has 2 fully saturated rings. The first kappa shape index (κ1) is 20.5. The van der Waals surface area contributed by atoms with Gasteiger partial charge in [0.05, 0.1) is 6.54 Å². The summed E-state index contributed by atoms with van der Waals surface area (Å²) >= 11 is 0. The maximum Gasteiger partial charge on any atom is 0.239 e. The molecule has 27 heavy (non-hydrogen) atoms. The van der Waals surface area contributed by atoms with E-state index in [-0.39, 0.29) is 11.8 Å². The van der Waals surface area contributed by atoms with Crippen LogP contribution in [-0.2, 0) is 9.59 Å². The number of nitrogens with zero attached hydrogens (tertiary/aromatic N) is 3. The Balaban J connectivity index is 1.28.